The number of anilines is 1. The minimum absolute atomic E-state index is 0.257. The van der Waals surface area contributed by atoms with Crippen LogP contribution >= 0.6 is 11.3 Å². The molecule has 0 radical (unpaired) electrons. The second kappa shape index (κ2) is 7.44. The fourth-order valence-electron chi connectivity index (χ4n) is 2.22. The third kappa shape index (κ3) is 4.42. The molecule has 0 unspecified atom stereocenters. The Morgan fingerprint density at radius 2 is 1.80 bits per heavy atom. The summed E-state index contributed by atoms with van der Waals surface area (Å²) in [6.07, 6.45) is 0. The molecular weight excluding hydrogens is 344 g/mol. The molecular formula is C19H15F2NO2S. The zero-order chi connectivity index (χ0) is 17.8. The maximum Gasteiger partial charge on any atom is 0.265 e. The molecule has 0 atom stereocenters. The average Bonchev–Trinajstić information content (AvgIpc) is 3.06. The minimum Gasteiger partial charge on any atom is -0.489 e. The van der Waals surface area contributed by atoms with Crippen molar-refractivity contribution in [3.8, 4) is 5.75 Å². The van der Waals surface area contributed by atoms with Gasteiger partial charge in [-0.25, -0.2) is 8.78 Å². The van der Waals surface area contributed by atoms with Gasteiger partial charge in [-0.2, -0.15) is 0 Å². The van der Waals surface area contributed by atoms with Crippen LogP contribution in [0.25, 0.3) is 0 Å². The highest BCUT2D eigenvalue weighted by Crippen LogP contribution is 2.21. The number of hydrogen-bond acceptors (Lipinski definition) is 3. The van der Waals surface area contributed by atoms with E-state index in [-0.39, 0.29) is 24.1 Å². The van der Waals surface area contributed by atoms with E-state index in [4.69, 9.17) is 4.74 Å². The highest BCUT2D eigenvalue weighted by molar-refractivity contribution is 7.12. The van der Waals surface area contributed by atoms with Crippen molar-refractivity contribution in [2.45, 2.75) is 13.5 Å². The standard InChI is InChI=1S/C19H15F2NO2S/c1-12-8-15(21)4-7-17(12)22-19(23)18-9-13(11-25-18)10-24-16-5-2-14(20)3-6-16/h2-9,11H,10H2,1H3,(H,22,23). The summed E-state index contributed by atoms with van der Waals surface area (Å²) in [5.74, 6) is -0.363. The van der Waals surface area contributed by atoms with E-state index in [1.165, 1.54) is 41.7 Å². The lowest BCUT2D eigenvalue weighted by atomic mass is 10.2. The Labute approximate surface area is 147 Å². The van der Waals surface area contributed by atoms with E-state index >= 15 is 0 Å². The average molecular weight is 359 g/mol. The first-order chi connectivity index (χ1) is 12.0. The molecule has 25 heavy (non-hydrogen) atoms. The summed E-state index contributed by atoms with van der Waals surface area (Å²) in [5.41, 5.74) is 2.07. The Bertz CT molecular complexity index is 891. The normalized spacial score (nSPS) is 10.5. The van der Waals surface area contributed by atoms with Crippen LogP contribution in [0.4, 0.5) is 14.5 Å². The summed E-state index contributed by atoms with van der Waals surface area (Å²) in [4.78, 5) is 12.8. The van der Waals surface area contributed by atoms with Crippen LogP contribution in [0, 0.1) is 18.6 Å². The Hall–Kier alpha value is -2.73. The molecule has 0 aliphatic rings. The molecule has 3 aromatic rings. The quantitative estimate of drug-likeness (QED) is 0.683. The molecule has 2 aromatic carbocycles. The van der Waals surface area contributed by atoms with Gasteiger partial charge < -0.3 is 10.1 Å². The van der Waals surface area contributed by atoms with E-state index in [2.05, 4.69) is 5.32 Å². The van der Waals surface area contributed by atoms with Gasteiger partial charge in [0.05, 0.1) is 4.88 Å². The van der Waals surface area contributed by atoms with E-state index in [0.29, 0.717) is 21.9 Å². The first-order valence-corrected chi connectivity index (χ1v) is 8.42. The number of nitrogens with one attached hydrogen (secondary N) is 1. The molecule has 1 N–H and O–H groups in total. The maximum atomic E-state index is 13.1. The van der Waals surface area contributed by atoms with E-state index < -0.39 is 0 Å². The van der Waals surface area contributed by atoms with Gasteiger partial charge in [-0.3, -0.25) is 4.79 Å². The van der Waals surface area contributed by atoms with Crippen molar-refractivity contribution in [3.05, 3.63) is 81.5 Å². The number of ether oxygens (including phenoxy) is 1. The fourth-order valence-corrected chi connectivity index (χ4v) is 3.01. The Morgan fingerprint density at radius 1 is 1.08 bits per heavy atom. The van der Waals surface area contributed by atoms with Gasteiger partial charge in [-0.1, -0.05) is 0 Å². The number of carbonyl (C=O) groups is 1. The van der Waals surface area contributed by atoms with E-state index in [1.807, 2.05) is 5.38 Å². The van der Waals surface area contributed by atoms with E-state index in [1.54, 1.807) is 25.1 Å². The third-order valence-corrected chi connectivity index (χ3v) is 4.51. The Morgan fingerprint density at radius 3 is 2.52 bits per heavy atom. The SMILES string of the molecule is Cc1cc(F)ccc1NC(=O)c1cc(COc2ccc(F)cc2)cs1. The Kier molecular flexibility index (Phi) is 5.09. The summed E-state index contributed by atoms with van der Waals surface area (Å²) < 4.78 is 31.5. The monoisotopic (exact) mass is 359 g/mol. The van der Waals surface area contributed by atoms with Crippen molar-refractivity contribution in [1.82, 2.24) is 0 Å². The van der Waals surface area contributed by atoms with Gasteiger partial charge in [0.2, 0.25) is 0 Å². The third-order valence-electron chi connectivity index (χ3n) is 3.53. The molecule has 0 saturated heterocycles. The summed E-state index contributed by atoms with van der Waals surface area (Å²) in [6.45, 7) is 2.01. The van der Waals surface area contributed by atoms with Crippen LogP contribution < -0.4 is 10.1 Å². The molecule has 1 heterocycles. The number of aryl methyl sites for hydroxylation is 1. The molecule has 0 aliphatic carbocycles. The van der Waals surface area contributed by atoms with Crippen LogP contribution in [0.3, 0.4) is 0 Å². The minimum atomic E-state index is -0.341. The largest absolute Gasteiger partial charge is 0.489 e. The smallest absolute Gasteiger partial charge is 0.265 e. The zero-order valence-electron chi connectivity index (χ0n) is 13.4. The van der Waals surface area contributed by atoms with Crippen molar-refractivity contribution in [3.63, 3.8) is 0 Å². The van der Waals surface area contributed by atoms with Gasteiger partial charge in [0, 0.05) is 11.3 Å². The van der Waals surface area contributed by atoms with Crippen molar-refractivity contribution < 1.29 is 18.3 Å². The van der Waals surface area contributed by atoms with Crippen LogP contribution in [0.15, 0.2) is 53.9 Å². The second-order valence-corrected chi connectivity index (χ2v) is 6.39. The molecule has 0 fully saturated rings. The maximum absolute atomic E-state index is 13.1. The van der Waals surface area contributed by atoms with Crippen LogP contribution in [0.1, 0.15) is 20.8 Å². The van der Waals surface area contributed by atoms with Gasteiger partial charge >= 0.3 is 0 Å². The van der Waals surface area contributed by atoms with Crippen LogP contribution in [0.2, 0.25) is 0 Å². The second-order valence-electron chi connectivity index (χ2n) is 5.48. The van der Waals surface area contributed by atoms with Crippen LogP contribution in [0.5, 0.6) is 5.75 Å². The van der Waals surface area contributed by atoms with Gasteiger partial charge in [0.15, 0.2) is 0 Å². The van der Waals surface area contributed by atoms with Gasteiger partial charge in [0.1, 0.15) is 24.0 Å². The van der Waals surface area contributed by atoms with Crippen LogP contribution in [-0.2, 0) is 6.61 Å². The van der Waals surface area contributed by atoms with Crippen molar-refractivity contribution >= 4 is 22.9 Å². The molecule has 0 aliphatic heterocycles. The lowest BCUT2D eigenvalue weighted by Gasteiger charge is -2.07. The summed E-state index contributed by atoms with van der Waals surface area (Å²) in [5, 5.41) is 4.60. The van der Waals surface area contributed by atoms with E-state index in [0.717, 1.165) is 5.56 Å². The number of amides is 1. The van der Waals surface area contributed by atoms with Gasteiger partial charge in [0.25, 0.3) is 5.91 Å². The number of hydrogen-bond donors (Lipinski definition) is 1. The summed E-state index contributed by atoms with van der Waals surface area (Å²) in [6, 6.07) is 11.7. The lowest BCUT2D eigenvalue weighted by Crippen LogP contribution is -2.11. The molecule has 6 heteroatoms. The van der Waals surface area contributed by atoms with Gasteiger partial charge in [-0.15, -0.1) is 11.3 Å². The topological polar surface area (TPSA) is 38.3 Å². The lowest BCUT2D eigenvalue weighted by molar-refractivity contribution is 0.103. The molecule has 0 saturated carbocycles. The molecule has 3 nitrogen and oxygen atoms in total. The molecule has 0 spiro atoms. The number of thiophene rings is 1. The molecule has 1 amide bonds. The zero-order valence-corrected chi connectivity index (χ0v) is 14.2. The summed E-state index contributed by atoms with van der Waals surface area (Å²) >= 11 is 1.30. The molecule has 128 valence electrons. The van der Waals surface area contributed by atoms with E-state index in [9.17, 15) is 13.6 Å². The number of benzene rings is 2. The van der Waals surface area contributed by atoms with Crippen molar-refractivity contribution in [2.75, 3.05) is 5.32 Å². The highest BCUT2D eigenvalue weighted by Gasteiger charge is 2.11. The molecule has 3 rings (SSSR count). The first kappa shape index (κ1) is 17.1. The predicted molar refractivity (Wildman–Crippen MR) is 94.1 cm³/mol. The van der Waals surface area contributed by atoms with Crippen molar-refractivity contribution in [1.29, 1.82) is 0 Å². The number of halogens is 2. The number of carbonyl (C=O) groups excluding carboxylic acids is 1. The Balaban J connectivity index is 1.62. The highest BCUT2D eigenvalue weighted by atomic mass is 32.1. The van der Waals surface area contributed by atoms with Crippen LogP contribution in [-0.4, -0.2) is 5.91 Å². The number of rotatable bonds is 5. The van der Waals surface area contributed by atoms with Crippen molar-refractivity contribution in [2.24, 2.45) is 0 Å². The molecule has 0 bridgehead atoms. The predicted octanol–water partition coefficient (Wildman–Crippen LogP) is 5.17. The first-order valence-electron chi connectivity index (χ1n) is 7.54. The summed E-state index contributed by atoms with van der Waals surface area (Å²) in [7, 11) is 0. The van der Waals surface area contributed by atoms with Gasteiger partial charge in [-0.05, 0) is 66.4 Å². The molecule has 1 aromatic heterocycles. The fraction of sp³-hybridized carbons (Fsp3) is 0.105.